The molecule has 0 spiro atoms. The zero-order valence-corrected chi connectivity index (χ0v) is 14.6. The van der Waals surface area contributed by atoms with E-state index in [-0.39, 0.29) is 0 Å². The first-order valence-electron chi connectivity index (χ1n) is 8.98. The molecule has 1 aromatic rings. The van der Waals surface area contributed by atoms with Gasteiger partial charge in [0, 0.05) is 6.54 Å². The Morgan fingerprint density at radius 1 is 1.00 bits per heavy atom. The Hall–Kier alpha value is -0.820. The van der Waals surface area contributed by atoms with Crippen molar-refractivity contribution in [2.75, 3.05) is 13.1 Å². The van der Waals surface area contributed by atoms with E-state index >= 15 is 0 Å². The van der Waals surface area contributed by atoms with Crippen LogP contribution in [0.3, 0.4) is 0 Å². The van der Waals surface area contributed by atoms with E-state index in [0.29, 0.717) is 5.92 Å². The van der Waals surface area contributed by atoms with Crippen LogP contribution >= 0.6 is 0 Å². The maximum atomic E-state index is 3.63. The minimum absolute atomic E-state index is 0.666. The Morgan fingerprint density at radius 2 is 1.71 bits per heavy atom. The molecule has 0 aromatic heterocycles. The summed E-state index contributed by atoms with van der Waals surface area (Å²) in [6, 6.07) is 9.19. The molecule has 1 rings (SSSR count). The summed E-state index contributed by atoms with van der Waals surface area (Å²) in [6.45, 7) is 11.3. The van der Waals surface area contributed by atoms with E-state index in [1.54, 1.807) is 0 Å². The van der Waals surface area contributed by atoms with Gasteiger partial charge in [0.25, 0.3) is 0 Å². The van der Waals surface area contributed by atoms with Crippen molar-refractivity contribution < 1.29 is 0 Å². The number of nitrogens with one attached hydrogen (secondary N) is 1. The lowest BCUT2D eigenvalue weighted by atomic mass is 9.84. The fourth-order valence-electron chi connectivity index (χ4n) is 3.01. The van der Waals surface area contributed by atoms with Crippen LogP contribution in [-0.2, 0) is 0 Å². The molecule has 1 N–H and O–H groups in total. The average molecular weight is 290 g/mol. The Balaban J connectivity index is 2.68. The standard InChI is InChI=1S/C20H35N/c1-5-8-9-18(7-3)15-20(16-21-14-6-2)19-12-10-17(4)11-13-19/h10-13,18,20-21H,5-9,14-16H2,1-4H3. The van der Waals surface area contributed by atoms with Crippen LogP contribution in [0.15, 0.2) is 24.3 Å². The highest BCUT2D eigenvalue weighted by molar-refractivity contribution is 5.25. The Kier molecular flexibility index (Phi) is 9.41. The lowest BCUT2D eigenvalue weighted by molar-refractivity contribution is 0.376. The van der Waals surface area contributed by atoms with Crippen molar-refractivity contribution in [2.45, 2.75) is 72.1 Å². The van der Waals surface area contributed by atoms with Gasteiger partial charge in [-0.3, -0.25) is 0 Å². The molecule has 0 radical (unpaired) electrons. The quantitative estimate of drug-likeness (QED) is 0.516. The Morgan fingerprint density at radius 3 is 2.29 bits per heavy atom. The summed E-state index contributed by atoms with van der Waals surface area (Å²) in [4.78, 5) is 0. The fraction of sp³-hybridized carbons (Fsp3) is 0.700. The summed E-state index contributed by atoms with van der Waals surface area (Å²) < 4.78 is 0. The summed E-state index contributed by atoms with van der Waals surface area (Å²) in [5.74, 6) is 1.54. The fourth-order valence-corrected chi connectivity index (χ4v) is 3.01. The second kappa shape index (κ2) is 10.8. The number of unbranched alkanes of at least 4 members (excludes halogenated alkanes) is 1. The third kappa shape index (κ3) is 7.13. The summed E-state index contributed by atoms with van der Waals surface area (Å²) in [5.41, 5.74) is 2.87. The minimum atomic E-state index is 0.666. The first-order valence-corrected chi connectivity index (χ1v) is 8.98. The van der Waals surface area contributed by atoms with Crippen molar-refractivity contribution in [3.8, 4) is 0 Å². The van der Waals surface area contributed by atoms with Crippen LogP contribution < -0.4 is 5.32 Å². The third-order valence-electron chi connectivity index (χ3n) is 4.53. The predicted molar refractivity (Wildman–Crippen MR) is 95.0 cm³/mol. The van der Waals surface area contributed by atoms with Crippen molar-refractivity contribution >= 4 is 0 Å². The molecule has 0 aliphatic rings. The summed E-state index contributed by atoms with van der Waals surface area (Å²) >= 11 is 0. The Bertz CT molecular complexity index is 355. The predicted octanol–water partition coefficient (Wildman–Crippen LogP) is 5.68. The van der Waals surface area contributed by atoms with Crippen molar-refractivity contribution in [1.82, 2.24) is 5.32 Å². The van der Waals surface area contributed by atoms with Crippen LogP contribution in [0.4, 0.5) is 0 Å². The molecular formula is C20H35N. The molecule has 120 valence electrons. The van der Waals surface area contributed by atoms with E-state index in [1.165, 1.54) is 49.7 Å². The van der Waals surface area contributed by atoms with E-state index < -0.39 is 0 Å². The van der Waals surface area contributed by atoms with Crippen molar-refractivity contribution in [1.29, 1.82) is 0 Å². The van der Waals surface area contributed by atoms with Crippen molar-refractivity contribution in [3.05, 3.63) is 35.4 Å². The topological polar surface area (TPSA) is 12.0 Å². The molecule has 21 heavy (non-hydrogen) atoms. The van der Waals surface area contributed by atoms with E-state index in [1.807, 2.05) is 0 Å². The summed E-state index contributed by atoms with van der Waals surface area (Å²) in [5, 5.41) is 3.63. The molecule has 0 saturated carbocycles. The SMILES string of the molecule is CCCCC(CC)CC(CNCCC)c1ccc(C)cc1. The normalized spacial score (nSPS) is 14.1. The van der Waals surface area contributed by atoms with Crippen LogP contribution in [0.1, 0.15) is 76.3 Å². The van der Waals surface area contributed by atoms with Gasteiger partial charge in [-0.25, -0.2) is 0 Å². The average Bonchev–Trinajstić information content (AvgIpc) is 2.51. The summed E-state index contributed by atoms with van der Waals surface area (Å²) in [7, 11) is 0. The number of hydrogen-bond acceptors (Lipinski definition) is 1. The van der Waals surface area contributed by atoms with Crippen LogP contribution in [0.5, 0.6) is 0 Å². The van der Waals surface area contributed by atoms with Gasteiger partial charge in [0.1, 0.15) is 0 Å². The minimum Gasteiger partial charge on any atom is -0.316 e. The van der Waals surface area contributed by atoms with Crippen LogP contribution in [0, 0.1) is 12.8 Å². The zero-order chi connectivity index (χ0) is 15.5. The van der Waals surface area contributed by atoms with E-state index in [9.17, 15) is 0 Å². The number of rotatable bonds is 11. The van der Waals surface area contributed by atoms with E-state index in [4.69, 9.17) is 0 Å². The number of aryl methyl sites for hydroxylation is 1. The van der Waals surface area contributed by atoms with Gasteiger partial charge >= 0.3 is 0 Å². The van der Waals surface area contributed by atoms with E-state index in [0.717, 1.165) is 19.0 Å². The highest BCUT2D eigenvalue weighted by Gasteiger charge is 2.16. The molecule has 1 nitrogen and oxygen atoms in total. The van der Waals surface area contributed by atoms with Crippen molar-refractivity contribution in [3.63, 3.8) is 0 Å². The maximum Gasteiger partial charge on any atom is 0.00202 e. The molecule has 0 saturated heterocycles. The Labute approximate surface area is 132 Å². The second-order valence-corrected chi connectivity index (χ2v) is 6.46. The largest absolute Gasteiger partial charge is 0.316 e. The molecule has 0 amide bonds. The third-order valence-corrected chi connectivity index (χ3v) is 4.53. The van der Waals surface area contributed by atoms with Crippen molar-refractivity contribution in [2.24, 2.45) is 5.92 Å². The molecule has 0 bridgehead atoms. The van der Waals surface area contributed by atoms with Gasteiger partial charge in [0.2, 0.25) is 0 Å². The van der Waals surface area contributed by atoms with Gasteiger partial charge in [0.05, 0.1) is 0 Å². The number of hydrogen-bond donors (Lipinski definition) is 1. The van der Waals surface area contributed by atoms with Gasteiger partial charge < -0.3 is 5.32 Å². The lowest BCUT2D eigenvalue weighted by Gasteiger charge is -2.24. The van der Waals surface area contributed by atoms with Gasteiger partial charge in [-0.05, 0) is 43.7 Å². The molecule has 1 aromatic carbocycles. The molecule has 1 heteroatoms. The molecule has 2 unspecified atom stereocenters. The molecule has 2 atom stereocenters. The van der Waals surface area contributed by atoms with Crippen LogP contribution in [0.25, 0.3) is 0 Å². The monoisotopic (exact) mass is 289 g/mol. The smallest absolute Gasteiger partial charge is 0.00202 e. The second-order valence-electron chi connectivity index (χ2n) is 6.46. The zero-order valence-electron chi connectivity index (χ0n) is 14.6. The van der Waals surface area contributed by atoms with Gasteiger partial charge in [-0.15, -0.1) is 0 Å². The molecular weight excluding hydrogens is 254 g/mol. The van der Waals surface area contributed by atoms with Gasteiger partial charge in [-0.2, -0.15) is 0 Å². The first kappa shape index (κ1) is 18.2. The highest BCUT2D eigenvalue weighted by Crippen LogP contribution is 2.28. The molecule has 0 aliphatic heterocycles. The highest BCUT2D eigenvalue weighted by atomic mass is 14.8. The number of benzene rings is 1. The molecule has 0 fully saturated rings. The molecule has 0 heterocycles. The van der Waals surface area contributed by atoms with Gasteiger partial charge in [-0.1, -0.05) is 76.3 Å². The summed E-state index contributed by atoms with van der Waals surface area (Å²) in [6.07, 6.45) is 7.95. The van der Waals surface area contributed by atoms with Crippen LogP contribution in [0.2, 0.25) is 0 Å². The maximum absolute atomic E-state index is 3.63. The van der Waals surface area contributed by atoms with Gasteiger partial charge in [0.15, 0.2) is 0 Å². The van der Waals surface area contributed by atoms with E-state index in [2.05, 4.69) is 57.3 Å². The first-order chi connectivity index (χ1) is 10.2. The van der Waals surface area contributed by atoms with Crippen LogP contribution in [-0.4, -0.2) is 13.1 Å². The lowest BCUT2D eigenvalue weighted by Crippen LogP contribution is -2.24. The molecule has 0 aliphatic carbocycles.